The van der Waals surface area contributed by atoms with Gasteiger partial charge in [-0.1, -0.05) is 41.4 Å². The molecule has 0 fully saturated rings. The molecule has 0 amide bonds. The zero-order valence-electron chi connectivity index (χ0n) is 17.4. The maximum absolute atomic E-state index is 13.1. The van der Waals surface area contributed by atoms with Crippen LogP contribution < -0.4 is 9.47 Å². The van der Waals surface area contributed by atoms with Gasteiger partial charge in [0.2, 0.25) is 5.90 Å². The fraction of sp³-hybridized carbons (Fsp3) is 0.120. The molecule has 0 aromatic heterocycles. The Morgan fingerprint density at radius 1 is 1.09 bits per heavy atom. The summed E-state index contributed by atoms with van der Waals surface area (Å²) in [4.78, 5) is 16.6. The number of ether oxygens (including phenoxy) is 3. The summed E-state index contributed by atoms with van der Waals surface area (Å²) in [7, 11) is 1.49. The molecular weight excluding hydrogens is 433 g/mol. The van der Waals surface area contributed by atoms with Crippen LogP contribution >= 0.6 is 11.6 Å². The highest BCUT2D eigenvalue weighted by atomic mass is 35.5. The number of carbonyl (C=O) groups is 1. The number of methoxy groups -OCH3 is 1. The molecule has 32 heavy (non-hydrogen) atoms. The second-order valence-corrected chi connectivity index (χ2v) is 7.56. The van der Waals surface area contributed by atoms with Gasteiger partial charge in [-0.2, -0.15) is 0 Å². The number of hydrogen-bond donors (Lipinski definition) is 0. The van der Waals surface area contributed by atoms with E-state index >= 15 is 0 Å². The van der Waals surface area contributed by atoms with Crippen molar-refractivity contribution in [2.24, 2.45) is 4.99 Å². The lowest BCUT2D eigenvalue weighted by atomic mass is 10.1. The average molecular weight is 452 g/mol. The van der Waals surface area contributed by atoms with Crippen LogP contribution in [0, 0.1) is 12.7 Å². The largest absolute Gasteiger partial charge is 0.493 e. The van der Waals surface area contributed by atoms with E-state index < -0.39 is 5.97 Å². The normalized spacial score (nSPS) is 14.3. The van der Waals surface area contributed by atoms with Crippen molar-refractivity contribution in [3.8, 4) is 11.5 Å². The van der Waals surface area contributed by atoms with Crippen LogP contribution in [-0.2, 0) is 16.1 Å². The predicted molar refractivity (Wildman–Crippen MR) is 121 cm³/mol. The number of nitrogens with zero attached hydrogens (tertiary/aromatic N) is 1. The van der Waals surface area contributed by atoms with Gasteiger partial charge in [-0.05, 0) is 60.5 Å². The standard InChI is InChI=1S/C25H19ClFNO4/c1-15-3-7-18(8-4-15)24-28-21(25(29)32-24)12-17-11-20(26)23(22(13-17)30-2)31-14-16-5-9-19(27)10-6-16/h3-13H,14H2,1-2H3/b21-12-. The summed E-state index contributed by atoms with van der Waals surface area (Å²) in [5.74, 6) is 0.116. The Balaban J connectivity index is 1.58. The minimum absolute atomic E-state index is 0.152. The van der Waals surface area contributed by atoms with E-state index in [9.17, 15) is 9.18 Å². The lowest BCUT2D eigenvalue weighted by molar-refractivity contribution is -0.129. The summed E-state index contributed by atoms with van der Waals surface area (Å²) in [5, 5.41) is 0.299. The minimum Gasteiger partial charge on any atom is -0.493 e. The maximum Gasteiger partial charge on any atom is 0.363 e. The summed E-state index contributed by atoms with van der Waals surface area (Å²) in [6, 6.07) is 16.8. The molecule has 1 aliphatic rings. The zero-order valence-corrected chi connectivity index (χ0v) is 18.2. The Bertz CT molecular complexity index is 1220. The van der Waals surface area contributed by atoms with E-state index in [0.29, 0.717) is 27.6 Å². The second kappa shape index (κ2) is 9.24. The highest BCUT2D eigenvalue weighted by Gasteiger charge is 2.24. The highest BCUT2D eigenvalue weighted by Crippen LogP contribution is 2.38. The topological polar surface area (TPSA) is 57.1 Å². The molecule has 0 saturated carbocycles. The van der Waals surface area contributed by atoms with Crippen LogP contribution in [0.4, 0.5) is 4.39 Å². The molecule has 0 aliphatic carbocycles. The van der Waals surface area contributed by atoms with Crippen molar-refractivity contribution in [3.05, 3.63) is 99.5 Å². The van der Waals surface area contributed by atoms with Crippen LogP contribution in [0.25, 0.3) is 6.08 Å². The lowest BCUT2D eigenvalue weighted by Crippen LogP contribution is -2.05. The van der Waals surface area contributed by atoms with Gasteiger partial charge in [0.25, 0.3) is 0 Å². The number of esters is 1. The van der Waals surface area contributed by atoms with Crippen molar-refractivity contribution in [1.29, 1.82) is 0 Å². The van der Waals surface area contributed by atoms with Gasteiger partial charge in [-0.3, -0.25) is 0 Å². The number of aliphatic imine (C=N–C) groups is 1. The summed E-state index contributed by atoms with van der Waals surface area (Å²) in [6.45, 7) is 2.16. The third-order valence-electron chi connectivity index (χ3n) is 4.77. The van der Waals surface area contributed by atoms with Crippen molar-refractivity contribution in [2.75, 3.05) is 7.11 Å². The first-order chi connectivity index (χ1) is 15.4. The number of rotatable bonds is 6. The van der Waals surface area contributed by atoms with Gasteiger partial charge in [0.05, 0.1) is 12.1 Å². The number of benzene rings is 3. The van der Waals surface area contributed by atoms with Crippen molar-refractivity contribution in [2.45, 2.75) is 13.5 Å². The molecule has 4 rings (SSSR count). The molecule has 5 nitrogen and oxygen atoms in total. The summed E-state index contributed by atoms with van der Waals surface area (Å²) in [6.07, 6.45) is 1.57. The van der Waals surface area contributed by atoms with E-state index in [-0.39, 0.29) is 24.0 Å². The zero-order chi connectivity index (χ0) is 22.7. The predicted octanol–water partition coefficient (Wildman–Crippen LogP) is 5.72. The molecular formula is C25H19ClFNO4. The Labute approximate surface area is 189 Å². The maximum atomic E-state index is 13.1. The van der Waals surface area contributed by atoms with Crippen LogP contribution in [0.1, 0.15) is 22.3 Å². The molecule has 0 unspecified atom stereocenters. The van der Waals surface area contributed by atoms with E-state index in [1.165, 1.54) is 19.2 Å². The molecule has 0 atom stereocenters. The van der Waals surface area contributed by atoms with E-state index in [2.05, 4.69) is 4.99 Å². The summed E-state index contributed by atoms with van der Waals surface area (Å²) >= 11 is 6.42. The van der Waals surface area contributed by atoms with Crippen molar-refractivity contribution < 1.29 is 23.4 Å². The number of hydrogen-bond acceptors (Lipinski definition) is 5. The Hall–Kier alpha value is -3.64. The van der Waals surface area contributed by atoms with E-state index in [1.807, 2.05) is 31.2 Å². The molecule has 1 heterocycles. The number of aryl methyl sites for hydroxylation is 1. The Morgan fingerprint density at radius 3 is 2.50 bits per heavy atom. The smallest absolute Gasteiger partial charge is 0.363 e. The first-order valence-electron chi connectivity index (χ1n) is 9.77. The van der Waals surface area contributed by atoms with Gasteiger partial charge < -0.3 is 14.2 Å². The molecule has 0 N–H and O–H groups in total. The van der Waals surface area contributed by atoms with Gasteiger partial charge in [0, 0.05) is 5.56 Å². The van der Waals surface area contributed by atoms with Gasteiger partial charge in [0.1, 0.15) is 12.4 Å². The monoisotopic (exact) mass is 451 g/mol. The molecule has 162 valence electrons. The molecule has 0 saturated heterocycles. The van der Waals surface area contributed by atoms with Gasteiger partial charge >= 0.3 is 5.97 Å². The number of halogens is 2. The fourth-order valence-electron chi connectivity index (χ4n) is 3.09. The lowest BCUT2D eigenvalue weighted by Gasteiger charge is -2.13. The average Bonchev–Trinajstić information content (AvgIpc) is 3.14. The van der Waals surface area contributed by atoms with Crippen LogP contribution in [0.15, 0.2) is 71.4 Å². The van der Waals surface area contributed by atoms with Crippen LogP contribution in [0.5, 0.6) is 11.5 Å². The van der Waals surface area contributed by atoms with Crippen molar-refractivity contribution in [1.82, 2.24) is 0 Å². The highest BCUT2D eigenvalue weighted by molar-refractivity contribution is 6.32. The molecule has 0 radical (unpaired) electrons. The molecule has 3 aromatic carbocycles. The van der Waals surface area contributed by atoms with E-state index in [1.54, 1.807) is 30.3 Å². The van der Waals surface area contributed by atoms with Gasteiger partial charge in [0.15, 0.2) is 17.2 Å². The third kappa shape index (κ3) is 4.81. The van der Waals surface area contributed by atoms with E-state index in [0.717, 1.165) is 11.1 Å². The van der Waals surface area contributed by atoms with Gasteiger partial charge in [-0.25, -0.2) is 14.2 Å². The third-order valence-corrected chi connectivity index (χ3v) is 5.05. The quantitative estimate of drug-likeness (QED) is 0.355. The Morgan fingerprint density at radius 2 is 1.81 bits per heavy atom. The SMILES string of the molecule is COc1cc(/C=C2\N=C(c3ccc(C)cc3)OC2=O)cc(Cl)c1OCc1ccc(F)cc1. The first-order valence-corrected chi connectivity index (χ1v) is 10.1. The van der Waals surface area contributed by atoms with Crippen LogP contribution in [0.3, 0.4) is 0 Å². The second-order valence-electron chi connectivity index (χ2n) is 7.15. The number of cyclic esters (lactones) is 1. The fourth-order valence-corrected chi connectivity index (χ4v) is 3.36. The summed E-state index contributed by atoms with van der Waals surface area (Å²) < 4.78 is 29.6. The molecule has 7 heteroatoms. The van der Waals surface area contributed by atoms with Gasteiger partial charge in [-0.15, -0.1) is 0 Å². The molecule has 3 aromatic rings. The van der Waals surface area contributed by atoms with E-state index in [4.69, 9.17) is 25.8 Å². The molecule has 0 bridgehead atoms. The van der Waals surface area contributed by atoms with Crippen LogP contribution in [-0.4, -0.2) is 19.0 Å². The minimum atomic E-state index is -0.549. The molecule has 1 aliphatic heterocycles. The van der Waals surface area contributed by atoms with Crippen molar-refractivity contribution >= 4 is 29.5 Å². The summed E-state index contributed by atoms with van der Waals surface area (Å²) in [5.41, 5.74) is 3.34. The van der Waals surface area contributed by atoms with Crippen molar-refractivity contribution in [3.63, 3.8) is 0 Å². The Kier molecular flexibility index (Phi) is 6.23. The number of carbonyl (C=O) groups excluding carboxylic acids is 1. The van der Waals surface area contributed by atoms with Crippen LogP contribution in [0.2, 0.25) is 5.02 Å². The first kappa shape index (κ1) is 21.6. The molecule has 0 spiro atoms.